The van der Waals surface area contributed by atoms with Gasteiger partial charge in [0.15, 0.2) is 0 Å². The van der Waals surface area contributed by atoms with E-state index in [4.69, 9.17) is 0 Å². The molecule has 0 saturated heterocycles. The van der Waals surface area contributed by atoms with Crippen LogP contribution in [0.4, 0.5) is 0 Å². The van der Waals surface area contributed by atoms with Crippen LogP contribution in [0.5, 0.6) is 0 Å². The topological polar surface area (TPSA) is 0 Å². The minimum Gasteiger partial charge on any atom is -0.0825 e. The van der Waals surface area contributed by atoms with Crippen LogP contribution in [0.15, 0.2) is 11.6 Å². The first-order valence-corrected chi connectivity index (χ1v) is 4.79. The van der Waals surface area contributed by atoms with Crippen LogP contribution >= 0.6 is 0 Å². The predicted molar refractivity (Wildman–Crippen MR) is 50.5 cm³/mol. The van der Waals surface area contributed by atoms with Crippen LogP contribution in [-0.2, 0) is 0 Å². The third-order valence-corrected chi connectivity index (χ3v) is 2.87. The van der Waals surface area contributed by atoms with Crippen LogP contribution in [0.1, 0.15) is 40.5 Å². The Balaban J connectivity index is 2.64. The summed E-state index contributed by atoms with van der Waals surface area (Å²) >= 11 is 0. The van der Waals surface area contributed by atoms with E-state index in [0.717, 1.165) is 17.8 Å². The highest BCUT2D eigenvalue weighted by Crippen LogP contribution is 2.32. The Bertz CT molecular complexity index is 153. The van der Waals surface area contributed by atoms with Crippen molar-refractivity contribution in [3.63, 3.8) is 0 Å². The minimum atomic E-state index is 0.824. The molecule has 11 heavy (non-hydrogen) atoms. The summed E-state index contributed by atoms with van der Waals surface area (Å²) in [6.07, 6.45) is 5.25. The van der Waals surface area contributed by atoms with Gasteiger partial charge in [-0.25, -0.2) is 0 Å². The molecular formula is C11H20. The lowest BCUT2D eigenvalue weighted by Crippen LogP contribution is -2.16. The maximum Gasteiger partial charge on any atom is -0.0183 e. The van der Waals surface area contributed by atoms with Gasteiger partial charge in [0.05, 0.1) is 0 Å². The Morgan fingerprint density at radius 2 is 2.00 bits per heavy atom. The maximum atomic E-state index is 2.45. The van der Waals surface area contributed by atoms with Crippen molar-refractivity contribution < 1.29 is 0 Å². The van der Waals surface area contributed by atoms with Crippen LogP contribution in [0.25, 0.3) is 0 Å². The molecule has 0 aromatic carbocycles. The van der Waals surface area contributed by atoms with Crippen LogP contribution in [-0.4, -0.2) is 0 Å². The molecule has 0 amide bonds. The first-order valence-electron chi connectivity index (χ1n) is 4.79. The second-order valence-electron chi connectivity index (χ2n) is 4.32. The summed E-state index contributed by atoms with van der Waals surface area (Å²) < 4.78 is 0. The predicted octanol–water partition coefficient (Wildman–Crippen LogP) is 3.63. The molecule has 0 fully saturated rings. The molecule has 0 aromatic heterocycles. The number of hydrogen-bond acceptors (Lipinski definition) is 0. The molecule has 0 saturated carbocycles. The Morgan fingerprint density at radius 1 is 1.36 bits per heavy atom. The molecule has 0 heterocycles. The van der Waals surface area contributed by atoms with E-state index in [-0.39, 0.29) is 0 Å². The monoisotopic (exact) mass is 152 g/mol. The largest absolute Gasteiger partial charge is 0.0825 e. The van der Waals surface area contributed by atoms with Crippen molar-refractivity contribution in [2.45, 2.75) is 40.5 Å². The lowest BCUT2D eigenvalue weighted by molar-refractivity contribution is 0.362. The minimum absolute atomic E-state index is 0.824. The molecule has 0 aliphatic heterocycles. The Kier molecular flexibility index (Phi) is 2.75. The SMILES string of the molecule is CC1=C[C@@H](C)CC[C@@H]1C(C)C. The smallest absolute Gasteiger partial charge is 0.0183 e. The summed E-state index contributed by atoms with van der Waals surface area (Å²) in [5.41, 5.74) is 1.62. The summed E-state index contributed by atoms with van der Waals surface area (Å²) in [5, 5.41) is 0. The Hall–Kier alpha value is -0.260. The van der Waals surface area contributed by atoms with E-state index in [2.05, 4.69) is 33.8 Å². The molecule has 0 nitrogen and oxygen atoms in total. The fourth-order valence-corrected chi connectivity index (χ4v) is 2.18. The van der Waals surface area contributed by atoms with E-state index >= 15 is 0 Å². The third kappa shape index (κ3) is 2.08. The zero-order valence-corrected chi connectivity index (χ0v) is 8.22. The lowest BCUT2D eigenvalue weighted by atomic mass is 9.78. The average molecular weight is 152 g/mol. The van der Waals surface area contributed by atoms with E-state index < -0.39 is 0 Å². The Morgan fingerprint density at radius 3 is 2.45 bits per heavy atom. The fraction of sp³-hybridized carbons (Fsp3) is 0.818. The van der Waals surface area contributed by atoms with Crippen molar-refractivity contribution >= 4 is 0 Å². The Labute approximate surface area is 70.7 Å². The highest BCUT2D eigenvalue weighted by atomic mass is 14.3. The van der Waals surface area contributed by atoms with Gasteiger partial charge >= 0.3 is 0 Å². The van der Waals surface area contributed by atoms with Gasteiger partial charge < -0.3 is 0 Å². The molecule has 1 rings (SSSR count). The van der Waals surface area contributed by atoms with Crippen LogP contribution in [0.3, 0.4) is 0 Å². The first kappa shape index (κ1) is 8.83. The van der Waals surface area contributed by atoms with E-state index in [1.54, 1.807) is 5.57 Å². The van der Waals surface area contributed by atoms with Crippen LogP contribution in [0.2, 0.25) is 0 Å². The summed E-state index contributed by atoms with van der Waals surface area (Å²) in [7, 11) is 0. The molecule has 0 aromatic rings. The number of rotatable bonds is 1. The highest BCUT2D eigenvalue weighted by molar-refractivity contribution is 5.09. The van der Waals surface area contributed by atoms with E-state index in [1.165, 1.54) is 12.8 Å². The summed E-state index contributed by atoms with van der Waals surface area (Å²) in [6.45, 7) is 9.27. The zero-order valence-electron chi connectivity index (χ0n) is 8.22. The molecule has 1 aliphatic rings. The van der Waals surface area contributed by atoms with Gasteiger partial charge in [0.1, 0.15) is 0 Å². The quantitative estimate of drug-likeness (QED) is 0.503. The second kappa shape index (κ2) is 3.42. The van der Waals surface area contributed by atoms with Crippen molar-refractivity contribution in [2.75, 3.05) is 0 Å². The fourth-order valence-electron chi connectivity index (χ4n) is 2.18. The van der Waals surface area contributed by atoms with Gasteiger partial charge in [-0.05, 0) is 37.5 Å². The number of hydrogen-bond donors (Lipinski definition) is 0. The molecule has 1 aliphatic carbocycles. The standard InChI is InChI=1S/C11H20/c1-8(2)11-6-5-9(3)7-10(11)4/h7-9,11H,5-6H2,1-4H3/t9-,11+/m0/s1. The van der Waals surface area contributed by atoms with Gasteiger partial charge in [-0.3, -0.25) is 0 Å². The molecule has 0 spiro atoms. The van der Waals surface area contributed by atoms with Gasteiger partial charge in [0.25, 0.3) is 0 Å². The molecule has 0 unspecified atom stereocenters. The van der Waals surface area contributed by atoms with Crippen molar-refractivity contribution in [1.82, 2.24) is 0 Å². The molecule has 0 bridgehead atoms. The third-order valence-electron chi connectivity index (χ3n) is 2.87. The lowest BCUT2D eigenvalue weighted by Gasteiger charge is -2.28. The molecule has 64 valence electrons. The van der Waals surface area contributed by atoms with Crippen molar-refractivity contribution in [3.05, 3.63) is 11.6 Å². The van der Waals surface area contributed by atoms with Crippen molar-refractivity contribution in [3.8, 4) is 0 Å². The summed E-state index contributed by atoms with van der Waals surface area (Å²) in [5.74, 6) is 2.52. The highest BCUT2D eigenvalue weighted by Gasteiger charge is 2.20. The first-order chi connectivity index (χ1) is 5.11. The molecule has 0 radical (unpaired) electrons. The van der Waals surface area contributed by atoms with Gasteiger partial charge in [-0.2, -0.15) is 0 Å². The zero-order chi connectivity index (χ0) is 8.43. The molecule has 2 atom stereocenters. The molecule has 0 heteroatoms. The normalized spacial score (nSPS) is 32.3. The second-order valence-corrected chi connectivity index (χ2v) is 4.32. The van der Waals surface area contributed by atoms with Crippen molar-refractivity contribution in [2.24, 2.45) is 17.8 Å². The molecule has 0 N–H and O–H groups in total. The van der Waals surface area contributed by atoms with Gasteiger partial charge in [0, 0.05) is 0 Å². The van der Waals surface area contributed by atoms with E-state index in [9.17, 15) is 0 Å². The number of allylic oxidation sites excluding steroid dienone is 2. The molecular weight excluding hydrogens is 132 g/mol. The van der Waals surface area contributed by atoms with Gasteiger partial charge in [-0.15, -0.1) is 0 Å². The van der Waals surface area contributed by atoms with Crippen LogP contribution < -0.4 is 0 Å². The van der Waals surface area contributed by atoms with Crippen LogP contribution in [0, 0.1) is 17.8 Å². The summed E-state index contributed by atoms with van der Waals surface area (Å²) in [6, 6.07) is 0. The van der Waals surface area contributed by atoms with E-state index in [1.807, 2.05) is 0 Å². The van der Waals surface area contributed by atoms with E-state index in [0.29, 0.717) is 0 Å². The summed E-state index contributed by atoms with van der Waals surface area (Å²) in [4.78, 5) is 0. The average Bonchev–Trinajstić information content (AvgIpc) is 1.85. The maximum absolute atomic E-state index is 2.45. The van der Waals surface area contributed by atoms with Crippen molar-refractivity contribution in [1.29, 1.82) is 0 Å². The van der Waals surface area contributed by atoms with Gasteiger partial charge in [0.2, 0.25) is 0 Å². The van der Waals surface area contributed by atoms with Gasteiger partial charge in [-0.1, -0.05) is 32.4 Å².